The number of rotatable bonds is 4. The van der Waals surface area contributed by atoms with Crippen LogP contribution in [0.4, 0.5) is 13.2 Å². The zero-order chi connectivity index (χ0) is 23.6. The van der Waals surface area contributed by atoms with Crippen molar-refractivity contribution in [1.82, 2.24) is 14.8 Å². The molecule has 1 atom stereocenters. The number of carbonyl (C=O) groups excluding carboxylic acids is 1. The minimum Gasteiger partial charge on any atom is -0.438 e. The number of carbonyl (C=O) groups is 1. The van der Waals surface area contributed by atoms with E-state index in [9.17, 15) is 18.0 Å². The van der Waals surface area contributed by atoms with E-state index in [1.165, 1.54) is 24.6 Å². The van der Waals surface area contributed by atoms with E-state index in [0.29, 0.717) is 50.7 Å². The Morgan fingerprint density at radius 1 is 1.24 bits per heavy atom. The minimum absolute atomic E-state index is 0.126. The Bertz CT molecular complexity index is 1000. The number of aromatic nitrogens is 1. The average molecular weight is 490 g/mol. The molecule has 3 heterocycles. The third kappa shape index (κ3) is 5.78. The van der Waals surface area contributed by atoms with Gasteiger partial charge in [0.1, 0.15) is 5.75 Å². The van der Waals surface area contributed by atoms with Gasteiger partial charge < -0.3 is 23.5 Å². The fourth-order valence-electron chi connectivity index (χ4n) is 4.02. The van der Waals surface area contributed by atoms with Gasteiger partial charge in [0.05, 0.1) is 37.0 Å². The SMILES string of the molecule is Cc1ncoc1C(=O)N1CCOC2(CN(Cc3ccc(OC(F)(F)F)c(Cl)c3)CCCO2)C1. The van der Waals surface area contributed by atoms with E-state index in [-0.39, 0.29) is 23.2 Å². The number of oxazole rings is 1. The Labute approximate surface area is 193 Å². The lowest BCUT2D eigenvalue weighted by atomic mass is 10.1. The lowest BCUT2D eigenvalue weighted by Crippen LogP contribution is -2.59. The summed E-state index contributed by atoms with van der Waals surface area (Å²) in [7, 11) is 0. The van der Waals surface area contributed by atoms with Gasteiger partial charge in [0.15, 0.2) is 12.2 Å². The molecule has 4 rings (SSSR count). The number of nitrogens with zero attached hydrogens (tertiary/aromatic N) is 3. The molecule has 2 aliphatic heterocycles. The molecule has 0 aliphatic carbocycles. The molecule has 8 nitrogen and oxygen atoms in total. The highest BCUT2D eigenvalue weighted by atomic mass is 35.5. The van der Waals surface area contributed by atoms with Gasteiger partial charge in [0, 0.05) is 19.6 Å². The quantitative estimate of drug-likeness (QED) is 0.649. The molecular formula is C21H23ClF3N3O5. The number of benzene rings is 1. The van der Waals surface area contributed by atoms with Gasteiger partial charge in [-0.2, -0.15) is 0 Å². The second kappa shape index (κ2) is 9.49. The molecule has 1 spiro atoms. The normalized spacial score (nSPS) is 22.4. The van der Waals surface area contributed by atoms with Crippen LogP contribution in [0.2, 0.25) is 5.02 Å². The van der Waals surface area contributed by atoms with Crippen LogP contribution in [0.3, 0.4) is 0 Å². The standard InChI is InChI=1S/C21H23ClF3N3O5/c1-14-18(30-13-26-14)19(29)28-6-8-32-20(12-28)11-27(5-2-7-31-20)10-15-3-4-17(16(22)9-15)33-21(23,24)25/h3-4,9,13H,2,5-8,10-12H2,1H3. The van der Waals surface area contributed by atoms with Crippen LogP contribution >= 0.6 is 11.6 Å². The monoisotopic (exact) mass is 489 g/mol. The van der Waals surface area contributed by atoms with Crippen molar-refractivity contribution in [2.75, 3.05) is 39.4 Å². The van der Waals surface area contributed by atoms with Crippen LogP contribution in [0.1, 0.15) is 28.2 Å². The summed E-state index contributed by atoms with van der Waals surface area (Å²) in [4.78, 5) is 20.6. The van der Waals surface area contributed by atoms with Crippen molar-refractivity contribution in [3.63, 3.8) is 0 Å². The van der Waals surface area contributed by atoms with Crippen molar-refractivity contribution in [3.8, 4) is 5.75 Å². The van der Waals surface area contributed by atoms with E-state index >= 15 is 0 Å². The third-order valence-corrected chi connectivity index (χ3v) is 5.76. The van der Waals surface area contributed by atoms with Crippen LogP contribution in [-0.2, 0) is 16.0 Å². The number of hydrogen-bond donors (Lipinski definition) is 0. The summed E-state index contributed by atoms with van der Waals surface area (Å²) in [5.41, 5.74) is 1.23. The van der Waals surface area contributed by atoms with E-state index in [2.05, 4.69) is 14.6 Å². The number of alkyl halides is 3. The highest BCUT2D eigenvalue weighted by Gasteiger charge is 2.43. The summed E-state index contributed by atoms with van der Waals surface area (Å²) in [6.07, 6.45) is -2.85. The second-order valence-corrected chi connectivity index (χ2v) is 8.39. The van der Waals surface area contributed by atoms with Gasteiger partial charge in [0.25, 0.3) is 5.91 Å². The van der Waals surface area contributed by atoms with Gasteiger partial charge in [0.2, 0.25) is 5.76 Å². The molecular weight excluding hydrogens is 467 g/mol. The van der Waals surface area contributed by atoms with Crippen LogP contribution in [0.25, 0.3) is 0 Å². The maximum Gasteiger partial charge on any atom is 0.573 e. The largest absolute Gasteiger partial charge is 0.573 e. The molecule has 2 aliphatic rings. The lowest BCUT2D eigenvalue weighted by Gasteiger charge is -2.43. The summed E-state index contributed by atoms with van der Waals surface area (Å²) in [6, 6.07) is 4.19. The molecule has 0 saturated carbocycles. The maximum atomic E-state index is 12.9. The topological polar surface area (TPSA) is 77.3 Å². The average Bonchev–Trinajstić information content (AvgIpc) is 3.08. The molecule has 33 heavy (non-hydrogen) atoms. The smallest absolute Gasteiger partial charge is 0.438 e. The molecule has 180 valence electrons. The van der Waals surface area contributed by atoms with Crippen LogP contribution in [-0.4, -0.2) is 72.2 Å². The highest BCUT2D eigenvalue weighted by Crippen LogP contribution is 2.32. The molecule has 1 aromatic carbocycles. The molecule has 1 amide bonds. The second-order valence-electron chi connectivity index (χ2n) is 7.98. The highest BCUT2D eigenvalue weighted by molar-refractivity contribution is 6.32. The molecule has 0 N–H and O–H groups in total. The maximum absolute atomic E-state index is 12.9. The van der Waals surface area contributed by atoms with E-state index in [1.807, 2.05) is 0 Å². The van der Waals surface area contributed by atoms with Gasteiger partial charge >= 0.3 is 6.36 Å². The molecule has 12 heteroatoms. The van der Waals surface area contributed by atoms with E-state index in [1.54, 1.807) is 11.8 Å². The first-order valence-corrected chi connectivity index (χ1v) is 10.8. The number of aryl methyl sites for hydroxylation is 1. The number of amides is 1. The van der Waals surface area contributed by atoms with Crippen molar-refractivity contribution in [1.29, 1.82) is 0 Å². The number of morpholine rings is 1. The number of halogens is 4. The third-order valence-electron chi connectivity index (χ3n) is 5.46. The molecule has 2 saturated heterocycles. The fourth-order valence-corrected chi connectivity index (χ4v) is 4.26. The summed E-state index contributed by atoms with van der Waals surface area (Å²) < 4.78 is 58.7. The molecule has 0 radical (unpaired) electrons. The van der Waals surface area contributed by atoms with Crippen molar-refractivity contribution in [2.24, 2.45) is 0 Å². The Kier molecular flexibility index (Phi) is 6.85. The predicted molar refractivity (Wildman–Crippen MR) is 110 cm³/mol. The fraction of sp³-hybridized carbons (Fsp3) is 0.524. The summed E-state index contributed by atoms with van der Waals surface area (Å²) >= 11 is 5.99. The van der Waals surface area contributed by atoms with Gasteiger partial charge in [-0.25, -0.2) is 4.98 Å². The number of ether oxygens (including phenoxy) is 3. The van der Waals surface area contributed by atoms with E-state index in [4.69, 9.17) is 25.5 Å². The van der Waals surface area contributed by atoms with Crippen LogP contribution in [0, 0.1) is 6.92 Å². The minimum atomic E-state index is -4.81. The zero-order valence-corrected chi connectivity index (χ0v) is 18.6. The first kappa shape index (κ1) is 23.8. The van der Waals surface area contributed by atoms with Crippen LogP contribution in [0.15, 0.2) is 29.0 Å². The predicted octanol–water partition coefficient (Wildman–Crippen LogP) is 3.63. The Morgan fingerprint density at radius 2 is 2.03 bits per heavy atom. The van der Waals surface area contributed by atoms with Gasteiger partial charge in [-0.3, -0.25) is 9.69 Å². The van der Waals surface area contributed by atoms with Gasteiger partial charge in [-0.15, -0.1) is 13.2 Å². The summed E-state index contributed by atoms with van der Waals surface area (Å²) in [5.74, 6) is -1.56. The first-order chi connectivity index (χ1) is 15.6. The number of hydrogen-bond acceptors (Lipinski definition) is 7. The Balaban J connectivity index is 1.45. The molecule has 0 bridgehead atoms. The zero-order valence-electron chi connectivity index (χ0n) is 17.9. The van der Waals surface area contributed by atoms with Crippen molar-refractivity contribution in [3.05, 3.63) is 46.6 Å². The van der Waals surface area contributed by atoms with Crippen molar-refractivity contribution < 1.29 is 36.6 Å². The Hall–Kier alpha value is -2.34. The van der Waals surface area contributed by atoms with E-state index in [0.717, 1.165) is 6.42 Å². The Morgan fingerprint density at radius 3 is 2.73 bits per heavy atom. The molecule has 2 aromatic rings. The first-order valence-electron chi connectivity index (χ1n) is 10.4. The van der Waals surface area contributed by atoms with Crippen molar-refractivity contribution >= 4 is 17.5 Å². The lowest BCUT2D eigenvalue weighted by molar-refractivity contribution is -0.274. The molecule has 2 fully saturated rings. The van der Waals surface area contributed by atoms with Crippen molar-refractivity contribution in [2.45, 2.75) is 32.0 Å². The summed E-state index contributed by atoms with van der Waals surface area (Å²) in [6.45, 7) is 4.49. The van der Waals surface area contributed by atoms with Crippen LogP contribution < -0.4 is 4.74 Å². The van der Waals surface area contributed by atoms with Gasteiger partial charge in [-0.1, -0.05) is 17.7 Å². The summed E-state index contributed by atoms with van der Waals surface area (Å²) in [5, 5.41) is -0.126. The molecule has 1 unspecified atom stereocenters. The van der Waals surface area contributed by atoms with Crippen LogP contribution in [0.5, 0.6) is 5.75 Å². The van der Waals surface area contributed by atoms with Gasteiger partial charge in [-0.05, 0) is 31.0 Å². The molecule has 1 aromatic heterocycles. The van der Waals surface area contributed by atoms with E-state index < -0.39 is 17.9 Å².